The summed E-state index contributed by atoms with van der Waals surface area (Å²) in [6.45, 7) is 2.96. The fourth-order valence-electron chi connectivity index (χ4n) is 5.33. The number of aryl methyl sites for hydroxylation is 1. The van der Waals surface area contributed by atoms with Crippen LogP contribution in [0.5, 0.6) is 0 Å². The number of thioether (sulfide) groups is 1. The van der Waals surface area contributed by atoms with Gasteiger partial charge in [0.2, 0.25) is 5.91 Å². The first-order chi connectivity index (χ1) is 21.4. The highest BCUT2D eigenvalue weighted by Crippen LogP contribution is 2.38. The number of carbonyl (C=O) groups excluding carboxylic acids is 2. The van der Waals surface area contributed by atoms with E-state index in [1.54, 1.807) is 18.2 Å². The molecule has 6 rings (SSSR count). The summed E-state index contributed by atoms with van der Waals surface area (Å²) in [7, 11) is 0. The van der Waals surface area contributed by atoms with Gasteiger partial charge in [-0.2, -0.15) is 0 Å². The van der Waals surface area contributed by atoms with Gasteiger partial charge in [0.25, 0.3) is 11.6 Å². The van der Waals surface area contributed by atoms with E-state index in [2.05, 4.69) is 34.3 Å². The van der Waals surface area contributed by atoms with E-state index in [0.29, 0.717) is 11.4 Å². The lowest BCUT2D eigenvalue weighted by Gasteiger charge is -2.18. The van der Waals surface area contributed by atoms with Crippen molar-refractivity contribution in [1.29, 1.82) is 0 Å². The zero-order valence-corrected chi connectivity index (χ0v) is 24.6. The third-order valence-corrected chi connectivity index (χ3v) is 8.61. The predicted molar refractivity (Wildman–Crippen MR) is 176 cm³/mol. The maximum atomic E-state index is 13.9. The highest BCUT2D eigenvalue weighted by Gasteiger charge is 2.23. The molecule has 1 unspecified atom stereocenters. The molecule has 1 heterocycles. The number of hydrogen-bond donors (Lipinski definition) is 2. The van der Waals surface area contributed by atoms with Gasteiger partial charge in [-0.3, -0.25) is 19.7 Å². The van der Waals surface area contributed by atoms with E-state index in [-0.39, 0.29) is 17.2 Å². The normalized spacial score (nSPS) is 11.8. The molecule has 0 aliphatic heterocycles. The van der Waals surface area contributed by atoms with Crippen molar-refractivity contribution in [3.05, 3.63) is 143 Å². The summed E-state index contributed by atoms with van der Waals surface area (Å²) in [6.07, 6.45) is 0. The fourth-order valence-corrected chi connectivity index (χ4v) is 6.41. The van der Waals surface area contributed by atoms with Gasteiger partial charge in [0.15, 0.2) is 0 Å². The molecule has 0 fully saturated rings. The quantitative estimate of drug-likeness (QED) is 0.0984. The van der Waals surface area contributed by atoms with Gasteiger partial charge >= 0.3 is 0 Å². The lowest BCUT2D eigenvalue weighted by Crippen LogP contribution is -2.19. The largest absolute Gasteiger partial charge is 0.341 e. The number of para-hydroxylation sites is 1. The monoisotopic (exact) mass is 600 g/mol. The van der Waals surface area contributed by atoms with Gasteiger partial charge in [0.05, 0.1) is 4.92 Å². The van der Waals surface area contributed by atoms with Crippen LogP contribution in [-0.4, -0.2) is 21.3 Å². The minimum absolute atomic E-state index is 0.158. The molecule has 0 aliphatic carbocycles. The zero-order chi connectivity index (χ0) is 30.6. The van der Waals surface area contributed by atoms with Crippen LogP contribution in [0.1, 0.15) is 28.1 Å². The van der Waals surface area contributed by atoms with Gasteiger partial charge in [0, 0.05) is 62.3 Å². The molecule has 9 heteroatoms. The molecule has 0 spiro atoms. The average molecular weight is 601 g/mol. The smallest absolute Gasteiger partial charge is 0.270 e. The van der Waals surface area contributed by atoms with Crippen molar-refractivity contribution in [2.24, 2.45) is 0 Å². The molecule has 1 atom stereocenters. The predicted octanol–water partition coefficient (Wildman–Crippen LogP) is 8.45. The summed E-state index contributed by atoms with van der Waals surface area (Å²) in [5.41, 5.74) is 4.35. The van der Waals surface area contributed by atoms with E-state index in [1.807, 2.05) is 66.7 Å². The Morgan fingerprint density at radius 1 is 0.773 bits per heavy atom. The van der Waals surface area contributed by atoms with Crippen LogP contribution < -0.4 is 10.6 Å². The lowest BCUT2D eigenvalue weighted by molar-refractivity contribution is -0.384. The standard InChI is InChI=1S/C35H28N4O4S/c1-2-38-31-17-7-6-16-29(31)30-22-26(18-19-32(30)38)37-35(41)33(23-10-4-3-5-11-23)44-28-15-9-13-25(21-28)36-34(40)24-12-8-14-27(20-24)39(42)43/h3-22,33H,2H2,1H3,(H,36,40)(H,37,41). The average Bonchev–Trinajstić information content (AvgIpc) is 3.37. The first-order valence-electron chi connectivity index (χ1n) is 14.1. The van der Waals surface area contributed by atoms with Crippen molar-refractivity contribution < 1.29 is 14.5 Å². The van der Waals surface area contributed by atoms with Gasteiger partial charge in [-0.15, -0.1) is 11.8 Å². The molecule has 5 aromatic carbocycles. The summed E-state index contributed by atoms with van der Waals surface area (Å²) >= 11 is 1.37. The van der Waals surface area contributed by atoms with Crippen LogP contribution in [0.15, 0.2) is 126 Å². The first-order valence-corrected chi connectivity index (χ1v) is 15.0. The Morgan fingerprint density at radius 2 is 1.50 bits per heavy atom. The van der Waals surface area contributed by atoms with Crippen LogP contribution in [0.2, 0.25) is 0 Å². The maximum absolute atomic E-state index is 13.9. The molecule has 2 amide bonds. The highest BCUT2D eigenvalue weighted by molar-refractivity contribution is 8.00. The number of nitrogens with zero attached hydrogens (tertiary/aromatic N) is 2. The number of hydrogen-bond acceptors (Lipinski definition) is 5. The lowest BCUT2D eigenvalue weighted by atomic mass is 10.1. The third-order valence-electron chi connectivity index (χ3n) is 7.36. The molecular weight excluding hydrogens is 572 g/mol. The number of carbonyl (C=O) groups is 2. The van der Waals surface area contributed by atoms with Crippen LogP contribution in [-0.2, 0) is 11.3 Å². The van der Waals surface area contributed by atoms with Crippen molar-refractivity contribution in [3.8, 4) is 0 Å². The highest BCUT2D eigenvalue weighted by atomic mass is 32.2. The summed E-state index contributed by atoms with van der Waals surface area (Å²) in [5, 5.41) is 18.7. The number of nitrogens with one attached hydrogen (secondary N) is 2. The molecule has 44 heavy (non-hydrogen) atoms. The molecule has 0 aliphatic rings. The van der Waals surface area contributed by atoms with Gasteiger partial charge in [-0.25, -0.2) is 0 Å². The Bertz CT molecular complexity index is 2020. The molecular formula is C35H28N4O4S. The van der Waals surface area contributed by atoms with Gasteiger partial charge in [-0.05, 0) is 61.0 Å². The number of non-ortho nitro benzene ring substituents is 1. The Kier molecular flexibility index (Phi) is 8.12. The van der Waals surface area contributed by atoms with E-state index in [0.717, 1.165) is 38.8 Å². The molecule has 6 aromatic rings. The Labute approximate surface area is 257 Å². The number of benzene rings is 5. The van der Waals surface area contributed by atoms with Crippen molar-refractivity contribution >= 4 is 62.4 Å². The summed E-state index contributed by atoms with van der Waals surface area (Å²) < 4.78 is 2.27. The number of fused-ring (bicyclic) bond motifs is 3. The number of nitro groups is 1. The van der Waals surface area contributed by atoms with E-state index in [1.165, 1.54) is 36.0 Å². The third kappa shape index (κ3) is 5.91. The second kappa shape index (κ2) is 12.4. The van der Waals surface area contributed by atoms with Crippen LogP contribution in [0.25, 0.3) is 21.8 Å². The van der Waals surface area contributed by atoms with Crippen molar-refractivity contribution in [2.45, 2.75) is 23.6 Å². The molecule has 0 saturated heterocycles. The van der Waals surface area contributed by atoms with Crippen LogP contribution in [0.4, 0.5) is 17.1 Å². The molecule has 8 nitrogen and oxygen atoms in total. The van der Waals surface area contributed by atoms with Crippen LogP contribution in [0.3, 0.4) is 0 Å². The van der Waals surface area contributed by atoms with E-state index in [9.17, 15) is 19.7 Å². The second-order valence-corrected chi connectivity index (χ2v) is 11.4. The number of rotatable bonds is 9. The number of amides is 2. The van der Waals surface area contributed by atoms with E-state index in [4.69, 9.17) is 0 Å². The Balaban J connectivity index is 1.25. The maximum Gasteiger partial charge on any atom is 0.270 e. The van der Waals surface area contributed by atoms with Crippen LogP contribution >= 0.6 is 11.8 Å². The van der Waals surface area contributed by atoms with Crippen LogP contribution in [0, 0.1) is 10.1 Å². The van der Waals surface area contributed by atoms with Crippen molar-refractivity contribution in [2.75, 3.05) is 10.6 Å². The SMILES string of the molecule is CCn1c2ccccc2c2cc(NC(=O)C(Sc3cccc(NC(=O)c4cccc([N+](=O)[O-])c4)c3)c3ccccc3)ccc21. The molecule has 0 bridgehead atoms. The molecule has 0 saturated carbocycles. The summed E-state index contributed by atoms with van der Waals surface area (Å²) in [6, 6.07) is 36.6. The zero-order valence-electron chi connectivity index (χ0n) is 23.8. The minimum Gasteiger partial charge on any atom is -0.341 e. The fraction of sp³-hybridized carbons (Fsp3) is 0.0857. The summed E-state index contributed by atoms with van der Waals surface area (Å²) in [5.74, 6) is -0.640. The topological polar surface area (TPSA) is 106 Å². The Morgan fingerprint density at radius 3 is 2.30 bits per heavy atom. The Hall–Kier alpha value is -5.41. The van der Waals surface area contributed by atoms with Gasteiger partial charge in [0.1, 0.15) is 5.25 Å². The molecule has 1 aromatic heterocycles. The van der Waals surface area contributed by atoms with Gasteiger partial charge < -0.3 is 15.2 Å². The van der Waals surface area contributed by atoms with E-state index < -0.39 is 16.1 Å². The molecule has 0 radical (unpaired) electrons. The molecule has 218 valence electrons. The number of aromatic nitrogens is 1. The molecule has 2 N–H and O–H groups in total. The summed E-state index contributed by atoms with van der Waals surface area (Å²) in [4.78, 5) is 38.1. The first kappa shape index (κ1) is 28.7. The second-order valence-electron chi connectivity index (χ2n) is 10.2. The van der Waals surface area contributed by atoms with E-state index >= 15 is 0 Å². The minimum atomic E-state index is -0.577. The van der Waals surface area contributed by atoms with Crippen molar-refractivity contribution in [1.82, 2.24) is 4.57 Å². The van der Waals surface area contributed by atoms with Gasteiger partial charge in [-0.1, -0.05) is 60.7 Å². The number of anilines is 2. The van der Waals surface area contributed by atoms with Crippen molar-refractivity contribution in [3.63, 3.8) is 0 Å². The number of nitro benzene ring substituents is 1.